The molecule has 1 aromatic rings. The van der Waals surface area contributed by atoms with E-state index in [2.05, 4.69) is 27.2 Å². The molecule has 0 aliphatic carbocycles. The van der Waals surface area contributed by atoms with Crippen LogP contribution in [0, 0.1) is 5.41 Å². The van der Waals surface area contributed by atoms with E-state index >= 15 is 0 Å². The van der Waals surface area contributed by atoms with Crippen molar-refractivity contribution in [2.45, 2.75) is 44.2 Å². The van der Waals surface area contributed by atoms with Crippen LogP contribution in [0.15, 0.2) is 18.2 Å². The number of nitrogens with one attached hydrogen (secondary N) is 1. The topological polar surface area (TPSA) is 74.3 Å². The van der Waals surface area contributed by atoms with Crippen molar-refractivity contribution in [2.24, 2.45) is 5.41 Å². The number of rotatable bonds is 2. The third kappa shape index (κ3) is 3.01. The summed E-state index contributed by atoms with van der Waals surface area (Å²) in [5.41, 5.74) is 0.574. The maximum atomic E-state index is 12.6. The molecule has 0 aromatic heterocycles. The van der Waals surface area contributed by atoms with Gasteiger partial charge in [0, 0.05) is 50.5 Å². The highest BCUT2D eigenvalue weighted by Crippen LogP contribution is 2.40. The summed E-state index contributed by atoms with van der Waals surface area (Å²) in [5.74, 6) is 1.70. The zero-order valence-corrected chi connectivity index (χ0v) is 16.2. The van der Waals surface area contributed by atoms with Crippen molar-refractivity contribution in [3.8, 4) is 11.5 Å². The van der Waals surface area contributed by atoms with E-state index in [9.17, 15) is 9.90 Å². The van der Waals surface area contributed by atoms with E-state index < -0.39 is 11.5 Å². The molecule has 1 spiro atoms. The lowest BCUT2D eigenvalue weighted by molar-refractivity contribution is -0.150. The molecule has 3 fully saturated rings. The Labute approximate surface area is 165 Å². The molecule has 7 nitrogen and oxygen atoms in total. The van der Waals surface area contributed by atoms with Gasteiger partial charge in [-0.1, -0.05) is 0 Å². The van der Waals surface area contributed by atoms with Gasteiger partial charge in [0.1, 0.15) is 0 Å². The summed E-state index contributed by atoms with van der Waals surface area (Å²) < 4.78 is 10.9. The number of amides is 1. The second kappa shape index (κ2) is 7.12. The number of aliphatic hydroxyl groups is 1. The molecule has 7 heteroatoms. The quantitative estimate of drug-likeness (QED) is 0.798. The first kappa shape index (κ1) is 18.1. The molecule has 28 heavy (non-hydrogen) atoms. The lowest BCUT2D eigenvalue weighted by atomic mass is 9.71. The molecule has 4 aliphatic heterocycles. The van der Waals surface area contributed by atoms with Crippen LogP contribution >= 0.6 is 0 Å². The molecular weight excluding hydrogens is 358 g/mol. The number of anilines is 1. The van der Waals surface area contributed by atoms with Gasteiger partial charge in [0.2, 0.25) is 12.7 Å². The van der Waals surface area contributed by atoms with Crippen LogP contribution in [-0.4, -0.2) is 67.6 Å². The summed E-state index contributed by atoms with van der Waals surface area (Å²) >= 11 is 0. The number of likely N-dealkylation sites (tertiary alicyclic amines) is 1. The van der Waals surface area contributed by atoms with Gasteiger partial charge >= 0.3 is 0 Å². The van der Waals surface area contributed by atoms with E-state index in [1.54, 1.807) is 0 Å². The van der Waals surface area contributed by atoms with Crippen molar-refractivity contribution in [2.75, 3.05) is 44.4 Å². The van der Waals surface area contributed by atoms with Crippen LogP contribution in [0.2, 0.25) is 0 Å². The molecule has 4 aliphatic rings. The van der Waals surface area contributed by atoms with Crippen molar-refractivity contribution in [1.29, 1.82) is 0 Å². The largest absolute Gasteiger partial charge is 0.454 e. The summed E-state index contributed by atoms with van der Waals surface area (Å²) in [6.07, 6.45) is 4.07. The Morgan fingerprint density at radius 3 is 2.75 bits per heavy atom. The third-order valence-electron chi connectivity index (χ3n) is 7.05. The zero-order chi connectivity index (χ0) is 19.1. The molecule has 3 saturated heterocycles. The number of fused-ring (bicyclic) bond motifs is 1. The van der Waals surface area contributed by atoms with Crippen LogP contribution in [0.1, 0.15) is 32.1 Å². The molecule has 2 N–H and O–H groups in total. The molecule has 152 valence electrons. The monoisotopic (exact) mass is 387 g/mol. The minimum atomic E-state index is -0.606. The standard InChI is InChI=1S/C21H29N3O4/c25-19-6-11-24(13-21(19)7-1-8-22-20(21)26)15-4-9-23(10-5-15)16-2-3-17-18(12-16)28-14-27-17/h2-3,12,15,19,25H,1,4-11,13-14H2,(H,22,26)/t19-,21+/m0/s1. The van der Waals surface area contributed by atoms with E-state index in [1.165, 1.54) is 5.69 Å². The molecule has 5 rings (SSSR count). The fourth-order valence-electron chi connectivity index (χ4n) is 5.36. The number of carbonyl (C=O) groups is 1. The second-order valence-electron chi connectivity index (χ2n) is 8.55. The maximum Gasteiger partial charge on any atom is 0.231 e. The summed E-state index contributed by atoms with van der Waals surface area (Å²) in [4.78, 5) is 17.5. The van der Waals surface area contributed by atoms with Crippen molar-refractivity contribution in [3.63, 3.8) is 0 Å². The average Bonchev–Trinajstić information content (AvgIpc) is 3.20. The van der Waals surface area contributed by atoms with Gasteiger partial charge in [-0.2, -0.15) is 0 Å². The summed E-state index contributed by atoms with van der Waals surface area (Å²) in [5, 5.41) is 13.6. The maximum absolute atomic E-state index is 12.6. The van der Waals surface area contributed by atoms with Gasteiger partial charge in [0.15, 0.2) is 11.5 Å². The summed E-state index contributed by atoms with van der Waals surface area (Å²) in [6.45, 7) is 4.59. The Bertz CT molecular complexity index is 749. The van der Waals surface area contributed by atoms with Crippen LogP contribution in [0.4, 0.5) is 5.69 Å². The van der Waals surface area contributed by atoms with Crippen LogP contribution in [-0.2, 0) is 4.79 Å². The van der Waals surface area contributed by atoms with Crippen molar-refractivity contribution >= 4 is 11.6 Å². The highest BCUT2D eigenvalue weighted by atomic mass is 16.7. The van der Waals surface area contributed by atoms with E-state index in [-0.39, 0.29) is 5.91 Å². The van der Waals surface area contributed by atoms with Gasteiger partial charge in [0.25, 0.3) is 0 Å². The van der Waals surface area contributed by atoms with Gasteiger partial charge in [-0.15, -0.1) is 0 Å². The molecule has 2 atom stereocenters. The first-order valence-electron chi connectivity index (χ1n) is 10.5. The van der Waals surface area contributed by atoms with Gasteiger partial charge in [-0.05, 0) is 44.2 Å². The van der Waals surface area contributed by atoms with Gasteiger partial charge < -0.3 is 24.8 Å². The average molecular weight is 387 g/mol. The first-order valence-corrected chi connectivity index (χ1v) is 10.5. The van der Waals surface area contributed by atoms with Crippen molar-refractivity contribution in [3.05, 3.63) is 18.2 Å². The summed E-state index contributed by atoms with van der Waals surface area (Å²) in [6, 6.07) is 6.64. The highest BCUT2D eigenvalue weighted by molar-refractivity contribution is 5.84. The number of piperidine rings is 3. The van der Waals surface area contributed by atoms with E-state index in [0.717, 1.165) is 63.4 Å². The van der Waals surface area contributed by atoms with E-state index in [1.807, 2.05) is 6.07 Å². The molecule has 0 unspecified atom stereocenters. The molecule has 0 saturated carbocycles. The molecule has 1 amide bonds. The number of hydrogen-bond donors (Lipinski definition) is 2. The number of nitrogens with zero attached hydrogens (tertiary/aromatic N) is 2. The Hall–Kier alpha value is -1.99. The third-order valence-corrected chi connectivity index (χ3v) is 7.05. The molecule has 4 heterocycles. The number of aliphatic hydroxyl groups excluding tert-OH is 1. The second-order valence-corrected chi connectivity index (χ2v) is 8.55. The Morgan fingerprint density at radius 1 is 1.11 bits per heavy atom. The number of benzene rings is 1. The fourth-order valence-corrected chi connectivity index (χ4v) is 5.36. The predicted octanol–water partition coefficient (Wildman–Crippen LogP) is 1.35. The van der Waals surface area contributed by atoms with Crippen LogP contribution in [0.5, 0.6) is 11.5 Å². The minimum Gasteiger partial charge on any atom is -0.454 e. The number of carbonyl (C=O) groups excluding carboxylic acids is 1. The van der Waals surface area contributed by atoms with E-state index in [0.29, 0.717) is 25.8 Å². The van der Waals surface area contributed by atoms with E-state index in [4.69, 9.17) is 9.47 Å². The highest BCUT2D eigenvalue weighted by Gasteiger charge is 2.50. The summed E-state index contributed by atoms with van der Waals surface area (Å²) in [7, 11) is 0. The SMILES string of the molecule is O=C1NCCC[C@]12CN(C1CCN(c3ccc4c(c3)OCO4)CC1)CC[C@@H]2O. The van der Waals surface area contributed by atoms with Gasteiger partial charge in [0.05, 0.1) is 11.5 Å². The van der Waals surface area contributed by atoms with Crippen molar-refractivity contribution < 1.29 is 19.4 Å². The Balaban J connectivity index is 1.24. The predicted molar refractivity (Wildman–Crippen MR) is 105 cm³/mol. The van der Waals surface area contributed by atoms with Crippen LogP contribution in [0.25, 0.3) is 0 Å². The Morgan fingerprint density at radius 2 is 1.93 bits per heavy atom. The molecule has 0 radical (unpaired) electrons. The van der Waals surface area contributed by atoms with Gasteiger partial charge in [-0.25, -0.2) is 0 Å². The lowest BCUT2D eigenvalue weighted by Crippen LogP contribution is -2.63. The normalized spacial score (nSPS) is 31.2. The molecule has 0 bridgehead atoms. The molecule has 1 aromatic carbocycles. The fraction of sp³-hybridized carbons (Fsp3) is 0.667. The van der Waals surface area contributed by atoms with Crippen molar-refractivity contribution in [1.82, 2.24) is 10.2 Å². The first-order chi connectivity index (χ1) is 13.7. The minimum absolute atomic E-state index is 0.0498. The van der Waals surface area contributed by atoms with Crippen LogP contribution < -0.4 is 19.7 Å². The van der Waals surface area contributed by atoms with Crippen LogP contribution in [0.3, 0.4) is 0 Å². The Kier molecular flexibility index (Phi) is 4.59. The lowest BCUT2D eigenvalue weighted by Gasteiger charge is -2.50. The number of hydrogen-bond acceptors (Lipinski definition) is 6. The van der Waals surface area contributed by atoms with Gasteiger partial charge in [-0.3, -0.25) is 9.69 Å². The molecular formula is C21H29N3O4. The zero-order valence-electron chi connectivity index (χ0n) is 16.2. The smallest absolute Gasteiger partial charge is 0.231 e. The number of ether oxygens (including phenoxy) is 2.